The van der Waals surface area contributed by atoms with Crippen molar-refractivity contribution in [2.45, 2.75) is 58.8 Å². The summed E-state index contributed by atoms with van der Waals surface area (Å²) >= 11 is 0. The molecule has 1 N–H and O–H groups in total. The van der Waals surface area contributed by atoms with Crippen molar-refractivity contribution in [3.05, 3.63) is 0 Å². The third kappa shape index (κ3) is 3.96. The van der Waals surface area contributed by atoms with E-state index in [0.29, 0.717) is 12.3 Å². The predicted octanol–water partition coefficient (Wildman–Crippen LogP) is 2.10. The Bertz CT molecular complexity index is 274. The number of methoxy groups -OCH3 is 1. The summed E-state index contributed by atoms with van der Waals surface area (Å²) in [4.78, 5) is 11.5. The third-order valence-corrected chi connectivity index (χ3v) is 3.18. The molecule has 1 atom stereocenters. The van der Waals surface area contributed by atoms with Gasteiger partial charge < -0.3 is 14.6 Å². The lowest BCUT2D eigenvalue weighted by atomic mass is 9.62. The predicted molar refractivity (Wildman–Crippen MR) is 64.3 cm³/mol. The first-order valence-corrected chi connectivity index (χ1v) is 6.10. The molecule has 1 unspecified atom stereocenters. The topological polar surface area (TPSA) is 55.8 Å². The van der Waals surface area contributed by atoms with E-state index in [9.17, 15) is 9.90 Å². The molecule has 0 radical (unpaired) electrons. The van der Waals surface area contributed by atoms with E-state index in [1.165, 1.54) is 7.11 Å². The quantitative estimate of drug-likeness (QED) is 0.608. The number of aliphatic hydroxyl groups is 1. The second kappa shape index (κ2) is 4.94. The van der Waals surface area contributed by atoms with Crippen molar-refractivity contribution in [1.29, 1.82) is 0 Å². The van der Waals surface area contributed by atoms with Crippen LogP contribution in [0, 0.1) is 11.3 Å². The van der Waals surface area contributed by atoms with Crippen molar-refractivity contribution in [3.63, 3.8) is 0 Å². The van der Waals surface area contributed by atoms with Crippen molar-refractivity contribution in [3.8, 4) is 0 Å². The first-order chi connectivity index (χ1) is 7.66. The van der Waals surface area contributed by atoms with Crippen molar-refractivity contribution in [2.24, 2.45) is 11.3 Å². The Morgan fingerprint density at radius 2 is 2.00 bits per heavy atom. The van der Waals surface area contributed by atoms with Crippen molar-refractivity contribution in [2.75, 3.05) is 7.11 Å². The molecule has 0 aliphatic heterocycles. The molecule has 4 heteroatoms. The number of carbonyl (C=O) groups excluding carboxylic acids is 1. The normalized spacial score (nSPS) is 30.6. The fourth-order valence-corrected chi connectivity index (χ4v) is 2.54. The highest BCUT2D eigenvalue weighted by atomic mass is 16.6. The summed E-state index contributed by atoms with van der Waals surface area (Å²) in [5.74, 6) is 0.191. The Hall–Kier alpha value is -0.610. The number of hydrogen-bond donors (Lipinski definition) is 1. The molecule has 0 amide bonds. The summed E-state index contributed by atoms with van der Waals surface area (Å²) in [6, 6.07) is 0. The smallest absolute Gasteiger partial charge is 0.311 e. The van der Waals surface area contributed by atoms with E-state index in [1.807, 2.05) is 27.7 Å². The zero-order chi connectivity index (χ0) is 13.3. The van der Waals surface area contributed by atoms with E-state index in [4.69, 9.17) is 9.47 Å². The largest absolute Gasteiger partial charge is 0.469 e. The molecular weight excluding hydrogens is 220 g/mol. The van der Waals surface area contributed by atoms with Crippen molar-refractivity contribution < 1.29 is 19.4 Å². The first-order valence-electron chi connectivity index (χ1n) is 6.10. The lowest BCUT2D eigenvalue weighted by Gasteiger charge is -2.43. The van der Waals surface area contributed by atoms with Crippen LogP contribution in [0.2, 0.25) is 0 Å². The Morgan fingerprint density at radius 1 is 1.47 bits per heavy atom. The lowest BCUT2D eigenvalue weighted by Crippen LogP contribution is -2.44. The SMILES string of the molecule is COC(=O)C1(C)CC(CC(O)OC(C)(C)C)C1. The fourth-order valence-electron chi connectivity index (χ4n) is 2.54. The zero-order valence-electron chi connectivity index (χ0n) is 11.4. The van der Waals surface area contributed by atoms with Crippen LogP contribution in [-0.4, -0.2) is 30.1 Å². The molecule has 4 nitrogen and oxygen atoms in total. The standard InChI is InChI=1S/C13H24O4/c1-12(2,3)17-10(14)6-9-7-13(4,8-9)11(15)16-5/h9-10,14H,6-8H2,1-5H3. The van der Waals surface area contributed by atoms with Gasteiger partial charge in [-0.1, -0.05) is 0 Å². The lowest BCUT2D eigenvalue weighted by molar-refractivity contribution is -0.187. The van der Waals surface area contributed by atoms with E-state index in [0.717, 1.165) is 12.8 Å². The minimum absolute atomic E-state index is 0.153. The maximum absolute atomic E-state index is 11.5. The van der Waals surface area contributed by atoms with E-state index in [1.54, 1.807) is 0 Å². The molecule has 100 valence electrons. The highest BCUT2D eigenvalue weighted by Gasteiger charge is 2.47. The van der Waals surface area contributed by atoms with Crippen LogP contribution in [0.1, 0.15) is 47.0 Å². The second-order valence-corrected chi connectivity index (χ2v) is 6.25. The maximum Gasteiger partial charge on any atom is 0.311 e. The first kappa shape index (κ1) is 14.5. The van der Waals surface area contributed by atoms with Gasteiger partial charge in [-0.25, -0.2) is 0 Å². The van der Waals surface area contributed by atoms with E-state index in [2.05, 4.69) is 0 Å². The van der Waals surface area contributed by atoms with Gasteiger partial charge in [0.25, 0.3) is 0 Å². The Labute approximate surface area is 103 Å². The molecular formula is C13H24O4. The van der Waals surface area contributed by atoms with Crippen LogP contribution in [-0.2, 0) is 14.3 Å². The van der Waals surface area contributed by atoms with Gasteiger partial charge in [0, 0.05) is 6.42 Å². The molecule has 0 aromatic rings. The highest BCUT2D eigenvalue weighted by molar-refractivity contribution is 5.77. The van der Waals surface area contributed by atoms with Gasteiger partial charge in [0.1, 0.15) is 0 Å². The molecule has 1 aliphatic rings. The average Bonchev–Trinajstić information content (AvgIpc) is 2.10. The van der Waals surface area contributed by atoms with E-state index in [-0.39, 0.29) is 17.0 Å². The minimum Gasteiger partial charge on any atom is -0.469 e. The molecule has 0 bridgehead atoms. The van der Waals surface area contributed by atoms with Crippen LogP contribution in [0.15, 0.2) is 0 Å². The van der Waals surface area contributed by atoms with Crippen LogP contribution in [0.3, 0.4) is 0 Å². The molecule has 0 heterocycles. The summed E-state index contributed by atoms with van der Waals surface area (Å²) in [5.41, 5.74) is -0.699. The van der Waals surface area contributed by atoms with Gasteiger partial charge in [-0.3, -0.25) is 4.79 Å². The summed E-state index contributed by atoms with van der Waals surface area (Å²) < 4.78 is 10.2. The number of carbonyl (C=O) groups is 1. The van der Waals surface area contributed by atoms with E-state index < -0.39 is 6.29 Å². The highest BCUT2D eigenvalue weighted by Crippen LogP contribution is 2.48. The van der Waals surface area contributed by atoms with Gasteiger partial charge in [0.2, 0.25) is 0 Å². The van der Waals surface area contributed by atoms with Crippen LogP contribution in [0.25, 0.3) is 0 Å². The summed E-state index contributed by atoms with van der Waals surface area (Å²) in [6.45, 7) is 7.65. The van der Waals surface area contributed by atoms with Gasteiger partial charge in [0.05, 0.1) is 18.1 Å². The van der Waals surface area contributed by atoms with Crippen LogP contribution in [0.5, 0.6) is 0 Å². The van der Waals surface area contributed by atoms with Gasteiger partial charge in [-0.05, 0) is 46.5 Å². The minimum atomic E-state index is -0.748. The Kier molecular flexibility index (Phi) is 4.20. The molecule has 1 rings (SSSR count). The molecule has 1 saturated carbocycles. The molecule has 1 aliphatic carbocycles. The number of rotatable bonds is 4. The Morgan fingerprint density at radius 3 is 2.41 bits per heavy atom. The number of ether oxygens (including phenoxy) is 2. The van der Waals surface area contributed by atoms with E-state index >= 15 is 0 Å². The number of esters is 1. The fraction of sp³-hybridized carbons (Fsp3) is 0.923. The van der Waals surface area contributed by atoms with Crippen molar-refractivity contribution >= 4 is 5.97 Å². The third-order valence-electron chi connectivity index (χ3n) is 3.18. The second-order valence-electron chi connectivity index (χ2n) is 6.25. The monoisotopic (exact) mass is 244 g/mol. The molecule has 17 heavy (non-hydrogen) atoms. The van der Waals surface area contributed by atoms with Crippen molar-refractivity contribution in [1.82, 2.24) is 0 Å². The number of hydrogen-bond acceptors (Lipinski definition) is 4. The maximum atomic E-state index is 11.5. The van der Waals surface area contributed by atoms with Gasteiger partial charge >= 0.3 is 5.97 Å². The van der Waals surface area contributed by atoms with Crippen LogP contribution in [0.4, 0.5) is 0 Å². The van der Waals surface area contributed by atoms with Gasteiger partial charge in [-0.2, -0.15) is 0 Å². The zero-order valence-corrected chi connectivity index (χ0v) is 11.4. The van der Waals surface area contributed by atoms with Crippen LogP contribution < -0.4 is 0 Å². The molecule has 0 aromatic carbocycles. The molecule has 1 fully saturated rings. The summed E-state index contributed by atoms with van der Waals surface area (Å²) in [6.07, 6.45) is 1.38. The van der Waals surface area contributed by atoms with Crippen LogP contribution >= 0.6 is 0 Å². The average molecular weight is 244 g/mol. The molecule has 0 aromatic heterocycles. The van der Waals surface area contributed by atoms with Gasteiger partial charge in [0.15, 0.2) is 6.29 Å². The van der Waals surface area contributed by atoms with Gasteiger partial charge in [-0.15, -0.1) is 0 Å². The number of aliphatic hydroxyl groups excluding tert-OH is 1. The summed E-state index contributed by atoms with van der Waals surface area (Å²) in [5, 5.41) is 9.75. The molecule has 0 spiro atoms. The Balaban J connectivity index is 2.32. The molecule has 0 saturated heterocycles. The summed E-state index contributed by atoms with van der Waals surface area (Å²) in [7, 11) is 1.42.